The highest BCUT2D eigenvalue weighted by atomic mass is 35.5. The Labute approximate surface area is 111 Å². The van der Waals surface area contributed by atoms with Crippen LogP contribution in [0.15, 0.2) is 24.3 Å². The average Bonchev–Trinajstić information content (AvgIpc) is 2.95. The number of para-hydroxylation sites is 1. The average molecular weight is 266 g/mol. The van der Waals surface area contributed by atoms with Gasteiger partial charge in [0.25, 0.3) is 0 Å². The maximum Gasteiger partial charge on any atom is 0.0944 e. The maximum absolute atomic E-state index is 6.19. The fraction of sp³-hybridized carbons (Fsp3) is 0.500. The van der Waals surface area contributed by atoms with Crippen molar-refractivity contribution in [3.63, 3.8) is 0 Å². The second-order valence-corrected chi connectivity index (χ2v) is 6.48. The monoisotopic (exact) mass is 265 g/mol. The Bertz CT molecular complexity index is 481. The van der Waals surface area contributed by atoms with Gasteiger partial charge >= 0.3 is 0 Å². The lowest BCUT2D eigenvalue weighted by atomic mass is 9.85. The number of rotatable bonds is 3. The van der Waals surface area contributed by atoms with Crippen molar-refractivity contribution in [2.24, 2.45) is 5.41 Å². The molecule has 0 radical (unpaired) electrons. The molecule has 1 fully saturated rings. The van der Waals surface area contributed by atoms with E-state index in [1.54, 1.807) is 0 Å². The van der Waals surface area contributed by atoms with Crippen LogP contribution in [-0.4, -0.2) is 10.9 Å². The maximum atomic E-state index is 6.19. The molecule has 2 aromatic rings. The number of fused-ring (bicyclic) bond motifs is 1. The summed E-state index contributed by atoms with van der Waals surface area (Å²) in [5, 5.41) is 1.26. The highest BCUT2D eigenvalue weighted by molar-refractivity contribution is 7.18. The summed E-state index contributed by atoms with van der Waals surface area (Å²) in [5.74, 6) is 0.781. The van der Waals surface area contributed by atoms with Gasteiger partial charge in [-0.1, -0.05) is 25.0 Å². The molecular formula is C14H16ClNS. The van der Waals surface area contributed by atoms with Gasteiger partial charge in [-0.25, -0.2) is 4.98 Å². The van der Waals surface area contributed by atoms with Gasteiger partial charge in [-0.2, -0.15) is 0 Å². The fourth-order valence-electron chi connectivity index (χ4n) is 2.80. The molecule has 0 saturated heterocycles. The smallest absolute Gasteiger partial charge is 0.0944 e. The van der Waals surface area contributed by atoms with Crippen LogP contribution < -0.4 is 0 Å². The quantitative estimate of drug-likeness (QED) is 0.737. The Morgan fingerprint density at radius 2 is 2.00 bits per heavy atom. The summed E-state index contributed by atoms with van der Waals surface area (Å²) in [6, 6.07) is 8.38. The summed E-state index contributed by atoms with van der Waals surface area (Å²) in [7, 11) is 0. The van der Waals surface area contributed by atoms with Gasteiger partial charge < -0.3 is 0 Å². The van der Waals surface area contributed by atoms with E-state index in [0.29, 0.717) is 5.41 Å². The molecule has 1 aliphatic carbocycles. The third-order valence-electron chi connectivity index (χ3n) is 3.81. The number of benzene rings is 1. The summed E-state index contributed by atoms with van der Waals surface area (Å²) < 4.78 is 1.30. The van der Waals surface area contributed by atoms with E-state index in [-0.39, 0.29) is 0 Å². The van der Waals surface area contributed by atoms with Crippen molar-refractivity contribution in [2.75, 3.05) is 5.88 Å². The van der Waals surface area contributed by atoms with Gasteiger partial charge in [0.15, 0.2) is 0 Å². The molecule has 0 unspecified atom stereocenters. The predicted octanol–water partition coefficient (Wildman–Crippen LogP) is 4.64. The first-order valence-corrected chi connectivity index (χ1v) is 7.57. The van der Waals surface area contributed by atoms with Crippen LogP contribution in [0.2, 0.25) is 0 Å². The Morgan fingerprint density at radius 1 is 1.24 bits per heavy atom. The zero-order chi connectivity index (χ0) is 11.7. The van der Waals surface area contributed by atoms with Crippen LogP contribution >= 0.6 is 22.9 Å². The standard InChI is InChI=1S/C14H16ClNS/c15-10-14(7-3-4-8-14)9-13-16-11-5-1-2-6-12(11)17-13/h1-2,5-6H,3-4,7-10H2. The van der Waals surface area contributed by atoms with E-state index < -0.39 is 0 Å². The van der Waals surface area contributed by atoms with Gasteiger partial charge in [0.1, 0.15) is 0 Å². The number of hydrogen-bond donors (Lipinski definition) is 0. The number of hydrogen-bond acceptors (Lipinski definition) is 2. The summed E-state index contributed by atoms with van der Waals surface area (Å²) >= 11 is 8.02. The van der Waals surface area contributed by atoms with Gasteiger partial charge in [0.05, 0.1) is 15.2 Å². The van der Waals surface area contributed by atoms with Crippen LogP contribution in [0.5, 0.6) is 0 Å². The second-order valence-electron chi connectivity index (χ2n) is 5.09. The SMILES string of the molecule is ClCC1(Cc2nc3ccccc3s2)CCCC1. The lowest BCUT2D eigenvalue weighted by Crippen LogP contribution is -2.21. The number of halogens is 1. The molecule has 0 bridgehead atoms. The van der Waals surface area contributed by atoms with Crippen molar-refractivity contribution >= 4 is 33.2 Å². The molecule has 17 heavy (non-hydrogen) atoms. The zero-order valence-corrected chi connectivity index (χ0v) is 11.4. The van der Waals surface area contributed by atoms with Gasteiger partial charge in [0, 0.05) is 12.3 Å². The molecule has 1 aromatic carbocycles. The minimum atomic E-state index is 0.329. The Hall–Kier alpha value is -0.600. The highest BCUT2D eigenvalue weighted by Crippen LogP contribution is 2.42. The topological polar surface area (TPSA) is 12.9 Å². The van der Waals surface area contributed by atoms with Crippen molar-refractivity contribution in [1.82, 2.24) is 4.98 Å². The summed E-state index contributed by atoms with van der Waals surface area (Å²) in [6.07, 6.45) is 6.27. The van der Waals surface area contributed by atoms with Gasteiger partial charge in [-0.05, 0) is 30.4 Å². The van der Waals surface area contributed by atoms with Crippen molar-refractivity contribution in [3.8, 4) is 0 Å². The van der Waals surface area contributed by atoms with E-state index in [1.807, 2.05) is 11.3 Å². The fourth-order valence-corrected chi connectivity index (χ4v) is 4.30. The minimum absolute atomic E-state index is 0.329. The normalized spacial score (nSPS) is 18.9. The Balaban J connectivity index is 1.89. The van der Waals surface area contributed by atoms with Crippen molar-refractivity contribution in [2.45, 2.75) is 32.1 Å². The first-order chi connectivity index (χ1) is 8.31. The van der Waals surface area contributed by atoms with Crippen molar-refractivity contribution in [1.29, 1.82) is 0 Å². The van der Waals surface area contributed by atoms with Gasteiger partial charge in [0.2, 0.25) is 0 Å². The lowest BCUT2D eigenvalue weighted by Gasteiger charge is -2.24. The molecular weight excluding hydrogens is 250 g/mol. The van der Waals surface area contributed by atoms with Crippen LogP contribution in [0.4, 0.5) is 0 Å². The first-order valence-electron chi connectivity index (χ1n) is 6.22. The van der Waals surface area contributed by atoms with Crippen LogP contribution in [0.1, 0.15) is 30.7 Å². The van der Waals surface area contributed by atoms with Crippen LogP contribution in [0.3, 0.4) is 0 Å². The molecule has 0 amide bonds. The number of nitrogens with zero attached hydrogens (tertiary/aromatic N) is 1. The van der Waals surface area contributed by atoms with Crippen molar-refractivity contribution < 1.29 is 0 Å². The predicted molar refractivity (Wildman–Crippen MR) is 74.9 cm³/mol. The second kappa shape index (κ2) is 4.58. The van der Waals surface area contributed by atoms with Crippen molar-refractivity contribution in [3.05, 3.63) is 29.3 Å². The summed E-state index contributed by atoms with van der Waals surface area (Å²) in [4.78, 5) is 4.73. The van der Waals surface area contributed by atoms with E-state index in [1.165, 1.54) is 35.4 Å². The Kier molecular flexibility index (Phi) is 3.10. The van der Waals surface area contributed by atoms with Crippen LogP contribution in [-0.2, 0) is 6.42 Å². The molecule has 90 valence electrons. The van der Waals surface area contributed by atoms with E-state index in [0.717, 1.165) is 17.8 Å². The molecule has 1 heterocycles. The third-order valence-corrected chi connectivity index (χ3v) is 5.42. The molecule has 1 nitrogen and oxygen atoms in total. The Morgan fingerprint density at radius 3 is 2.71 bits per heavy atom. The molecule has 0 spiro atoms. The summed E-state index contributed by atoms with van der Waals surface area (Å²) in [6.45, 7) is 0. The molecule has 1 aromatic heterocycles. The zero-order valence-electron chi connectivity index (χ0n) is 9.79. The highest BCUT2D eigenvalue weighted by Gasteiger charge is 2.34. The van der Waals surface area contributed by atoms with E-state index in [4.69, 9.17) is 16.6 Å². The number of thiazole rings is 1. The first kappa shape index (κ1) is 11.5. The van der Waals surface area contributed by atoms with E-state index >= 15 is 0 Å². The number of alkyl halides is 1. The lowest BCUT2D eigenvalue weighted by molar-refractivity contribution is 0.340. The van der Waals surface area contributed by atoms with Crippen LogP contribution in [0.25, 0.3) is 10.2 Å². The van der Waals surface area contributed by atoms with E-state index in [2.05, 4.69) is 24.3 Å². The van der Waals surface area contributed by atoms with Gasteiger partial charge in [-0.15, -0.1) is 22.9 Å². The van der Waals surface area contributed by atoms with Gasteiger partial charge in [-0.3, -0.25) is 0 Å². The molecule has 1 saturated carbocycles. The van der Waals surface area contributed by atoms with Crippen LogP contribution in [0, 0.1) is 5.41 Å². The summed E-state index contributed by atoms with van der Waals surface area (Å²) in [5.41, 5.74) is 1.46. The molecule has 0 N–H and O–H groups in total. The molecule has 3 rings (SSSR count). The molecule has 1 aliphatic rings. The molecule has 0 aliphatic heterocycles. The minimum Gasteiger partial charge on any atom is -0.241 e. The molecule has 3 heteroatoms. The largest absolute Gasteiger partial charge is 0.241 e. The number of aromatic nitrogens is 1. The third kappa shape index (κ3) is 2.21. The van der Waals surface area contributed by atoms with E-state index in [9.17, 15) is 0 Å². The molecule has 0 atom stereocenters.